The number of nitrogens with one attached hydrogen (secondary N) is 1. The molecule has 0 saturated heterocycles. The highest BCUT2D eigenvalue weighted by atomic mass is 16.5. The topological polar surface area (TPSA) is 63.7 Å². The van der Waals surface area contributed by atoms with E-state index in [0.29, 0.717) is 30.3 Å². The summed E-state index contributed by atoms with van der Waals surface area (Å²) >= 11 is 0. The van der Waals surface area contributed by atoms with Crippen LogP contribution in [-0.4, -0.2) is 50.1 Å². The molecule has 2 aromatic rings. The van der Waals surface area contributed by atoms with Gasteiger partial charge in [0.2, 0.25) is 5.88 Å². The average Bonchev–Trinajstić information content (AvgIpc) is 2.60. The number of rotatable bonds is 8. The highest BCUT2D eigenvalue weighted by Crippen LogP contribution is 2.18. The number of hydrogen-bond acceptors (Lipinski definition) is 5. The SMILES string of the molecule is COc1cc(CNC(=O)c2ccccc2OCCN(C)C)ccn1. The van der Waals surface area contributed by atoms with Crippen LogP contribution in [0.25, 0.3) is 0 Å². The summed E-state index contributed by atoms with van der Waals surface area (Å²) in [5.74, 6) is 0.935. The second-order valence-corrected chi connectivity index (χ2v) is 5.54. The molecule has 2 rings (SSSR count). The normalized spacial score (nSPS) is 10.5. The highest BCUT2D eigenvalue weighted by Gasteiger charge is 2.12. The van der Waals surface area contributed by atoms with Gasteiger partial charge < -0.3 is 19.7 Å². The van der Waals surface area contributed by atoms with E-state index in [4.69, 9.17) is 9.47 Å². The molecule has 0 radical (unpaired) electrons. The Kier molecular flexibility index (Phi) is 6.57. The van der Waals surface area contributed by atoms with E-state index >= 15 is 0 Å². The molecule has 0 saturated carbocycles. The first-order chi connectivity index (χ1) is 11.6. The van der Waals surface area contributed by atoms with E-state index in [1.165, 1.54) is 0 Å². The quantitative estimate of drug-likeness (QED) is 0.802. The molecular formula is C18H23N3O3. The van der Waals surface area contributed by atoms with Gasteiger partial charge in [0.15, 0.2) is 0 Å². The van der Waals surface area contributed by atoms with Crippen molar-refractivity contribution >= 4 is 5.91 Å². The van der Waals surface area contributed by atoms with Crippen molar-refractivity contribution in [2.24, 2.45) is 0 Å². The number of aromatic nitrogens is 1. The molecule has 0 aliphatic heterocycles. The minimum atomic E-state index is -0.175. The number of carbonyl (C=O) groups excluding carboxylic acids is 1. The molecule has 128 valence electrons. The van der Waals surface area contributed by atoms with Crippen molar-refractivity contribution in [1.82, 2.24) is 15.2 Å². The van der Waals surface area contributed by atoms with Gasteiger partial charge in [0.05, 0.1) is 12.7 Å². The van der Waals surface area contributed by atoms with Gasteiger partial charge >= 0.3 is 0 Å². The van der Waals surface area contributed by atoms with Crippen LogP contribution < -0.4 is 14.8 Å². The fourth-order valence-electron chi connectivity index (χ4n) is 2.07. The van der Waals surface area contributed by atoms with Crippen molar-refractivity contribution in [3.8, 4) is 11.6 Å². The van der Waals surface area contributed by atoms with Crippen molar-refractivity contribution in [3.63, 3.8) is 0 Å². The number of amides is 1. The number of nitrogens with zero attached hydrogens (tertiary/aromatic N) is 2. The van der Waals surface area contributed by atoms with Crippen molar-refractivity contribution in [1.29, 1.82) is 0 Å². The predicted molar refractivity (Wildman–Crippen MR) is 92.5 cm³/mol. The van der Waals surface area contributed by atoms with Gasteiger partial charge in [-0.15, -0.1) is 0 Å². The number of methoxy groups -OCH3 is 1. The molecule has 1 aromatic heterocycles. The van der Waals surface area contributed by atoms with Crippen LogP contribution in [0.2, 0.25) is 0 Å². The highest BCUT2D eigenvalue weighted by molar-refractivity contribution is 5.96. The van der Waals surface area contributed by atoms with Crippen LogP contribution in [0.4, 0.5) is 0 Å². The number of hydrogen-bond donors (Lipinski definition) is 1. The Bertz CT molecular complexity index is 674. The number of likely N-dealkylation sites (N-methyl/N-ethyl adjacent to an activating group) is 1. The molecule has 0 aliphatic rings. The van der Waals surface area contributed by atoms with Gasteiger partial charge in [0.25, 0.3) is 5.91 Å². The van der Waals surface area contributed by atoms with Crippen molar-refractivity contribution < 1.29 is 14.3 Å². The summed E-state index contributed by atoms with van der Waals surface area (Å²) in [5, 5.41) is 2.89. The third-order valence-corrected chi connectivity index (χ3v) is 3.39. The van der Waals surface area contributed by atoms with Gasteiger partial charge in [-0.05, 0) is 37.9 Å². The second kappa shape index (κ2) is 8.88. The van der Waals surface area contributed by atoms with E-state index in [1.54, 1.807) is 31.5 Å². The maximum atomic E-state index is 12.4. The second-order valence-electron chi connectivity index (χ2n) is 5.54. The largest absolute Gasteiger partial charge is 0.491 e. The van der Waals surface area contributed by atoms with E-state index in [2.05, 4.69) is 10.3 Å². The Labute approximate surface area is 142 Å². The lowest BCUT2D eigenvalue weighted by Gasteiger charge is -2.14. The smallest absolute Gasteiger partial charge is 0.255 e. The predicted octanol–water partition coefficient (Wildman–Crippen LogP) is 1.96. The Hall–Kier alpha value is -2.60. The van der Waals surface area contributed by atoms with Gasteiger partial charge in [0.1, 0.15) is 12.4 Å². The summed E-state index contributed by atoms with van der Waals surface area (Å²) in [5.41, 5.74) is 1.44. The minimum absolute atomic E-state index is 0.175. The van der Waals surface area contributed by atoms with Crippen LogP contribution in [0.3, 0.4) is 0 Å². The van der Waals surface area contributed by atoms with Crippen LogP contribution in [-0.2, 0) is 6.54 Å². The molecule has 0 bridgehead atoms. The zero-order valence-electron chi connectivity index (χ0n) is 14.3. The molecule has 0 unspecified atom stereocenters. The Morgan fingerprint density at radius 1 is 1.25 bits per heavy atom. The molecule has 0 aliphatic carbocycles. The molecule has 1 heterocycles. The number of ether oxygens (including phenoxy) is 2. The van der Waals surface area contributed by atoms with E-state index in [9.17, 15) is 4.79 Å². The summed E-state index contributed by atoms with van der Waals surface area (Å²) < 4.78 is 10.8. The van der Waals surface area contributed by atoms with Gasteiger partial charge in [-0.25, -0.2) is 4.98 Å². The van der Waals surface area contributed by atoms with Crippen molar-refractivity contribution in [2.75, 3.05) is 34.4 Å². The first-order valence-electron chi connectivity index (χ1n) is 7.74. The molecule has 0 spiro atoms. The Morgan fingerprint density at radius 3 is 2.79 bits per heavy atom. The van der Waals surface area contributed by atoms with Gasteiger partial charge in [-0.2, -0.15) is 0 Å². The summed E-state index contributed by atoms with van der Waals surface area (Å²) in [6.45, 7) is 1.70. The molecule has 6 nitrogen and oxygen atoms in total. The summed E-state index contributed by atoms with van der Waals surface area (Å²) in [6, 6.07) is 10.9. The van der Waals surface area contributed by atoms with Crippen LogP contribution in [0.15, 0.2) is 42.6 Å². The van der Waals surface area contributed by atoms with Crippen molar-refractivity contribution in [2.45, 2.75) is 6.54 Å². The number of pyridine rings is 1. The van der Waals surface area contributed by atoms with Crippen LogP contribution >= 0.6 is 0 Å². The summed E-state index contributed by atoms with van der Waals surface area (Å²) in [4.78, 5) is 18.5. The standard InChI is InChI=1S/C18H23N3O3/c1-21(2)10-11-24-16-7-5-4-6-15(16)18(22)20-13-14-8-9-19-17(12-14)23-3/h4-9,12H,10-11,13H2,1-3H3,(H,20,22). The lowest BCUT2D eigenvalue weighted by atomic mass is 10.2. The molecule has 6 heteroatoms. The van der Waals surface area contributed by atoms with Gasteiger partial charge in [0, 0.05) is 25.4 Å². The maximum absolute atomic E-state index is 12.4. The summed E-state index contributed by atoms with van der Waals surface area (Å²) in [6.07, 6.45) is 1.65. The number of benzene rings is 1. The third-order valence-electron chi connectivity index (χ3n) is 3.39. The van der Waals surface area contributed by atoms with E-state index in [-0.39, 0.29) is 5.91 Å². The molecule has 1 N–H and O–H groups in total. The minimum Gasteiger partial charge on any atom is -0.491 e. The lowest BCUT2D eigenvalue weighted by molar-refractivity contribution is 0.0946. The van der Waals surface area contributed by atoms with Gasteiger partial charge in [-0.1, -0.05) is 12.1 Å². The monoisotopic (exact) mass is 329 g/mol. The first kappa shape index (κ1) is 17.7. The molecule has 1 amide bonds. The lowest BCUT2D eigenvalue weighted by Crippen LogP contribution is -2.24. The molecule has 24 heavy (non-hydrogen) atoms. The van der Waals surface area contributed by atoms with Gasteiger partial charge in [-0.3, -0.25) is 4.79 Å². The fourth-order valence-corrected chi connectivity index (χ4v) is 2.07. The van der Waals surface area contributed by atoms with Crippen LogP contribution in [0, 0.1) is 0 Å². The zero-order chi connectivity index (χ0) is 17.4. The van der Waals surface area contributed by atoms with Crippen molar-refractivity contribution in [3.05, 3.63) is 53.7 Å². The summed E-state index contributed by atoms with van der Waals surface area (Å²) in [7, 11) is 5.52. The Morgan fingerprint density at radius 2 is 2.04 bits per heavy atom. The van der Waals surface area contributed by atoms with E-state index < -0.39 is 0 Å². The molecule has 0 fully saturated rings. The van der Waals surface area contributed by atoms with E-state index in [0.717, 1.165) is 12.1 Å². The Balaban J connectivity index is 1.98. The van der Waals surface area contributed by atoms with E-state index in [1.807, 2.05) is 37.2 Å². The molecule has 0 atom stereocenters. The third kappa shape index (κ3) is 5.24. The van der Waals surface area contributed by atoms with Crippen LogP contribution in [0.5, 0.6) is 11.6 Å². The zero-order valence-corrected chi connectivity index (χ0v) is 14.3. The average molecular weight is 329 g/mol. The molecule has 1 aromatic carbocycles. The first-order valence-corrected chi connectivity index (χ1v) is 7.74. The van der Waals surface area contributed by atoms with Crippen LogP contribution in [0.1, 0.15) is 15.9 Å². The number of carbonyl (C=O) groups is 1. The number of para-hydroxylation sites is 1. The maximum Gasteiger partial charge on any atom is 0.255 e. The molecular weight excluding hydrogens is 306 g/mol. The fraction of sp³-hybridized carbons (Fsp3) is 0.333.